The third-order valence-electron chi connectivity index (χ3n) is 6.11. The zero-order chi connectivity index (χ0) is 20.4. The van der Waals surface area contributed by atoms with Crippen LogP contribution < -0.4 is 4.74 Å². The van der Waals surface area contributed by atoms with Crippen LogP contribution >= 0.6 is 0 Å². The first kappa shape index (κ1) is 19.4. The Balaban J connectivity index is 1.50. The smallest absolute Gasteiger partial charge is 0.253 e. The van der Waals surface area contributed by atoms with Gasteiger partial charge < -0.3 is 14.5 Å². The van der Waals surface area contributed by atoms with Crippen LogP contribution in [0.1, 0.15) is 47.5 Å². The number of fused-ring (bicyclic) bond motifs is 1. The zero-order valence-electron chi connectivity index (χ0n) is 17.0. The highest BCUT2D eigenvalue weighted by molar-refractivity contribution is 5.94. The number of hydrogen-bond acceptors (Lipinski definition) is 4. The second-order valence-electron chi connectivity index (χ2n) is 8.24. The Morgan fingerprint density at radius 1 is 1.14 bits per heavy atom. The minimum Gasteiger partial charge on any atom is -0.487 e. The van der Waals surface area contributed by atoms with Gasteiger partial charge >= 0.3 is 0 Å². The number of carbonyl (C=O) groups excluding carboxylic acids is 2. The van der Waals surface area contributed by atoms with Crippen molar-refractivity contribution in [1.29, 1.82) is 0 Å². The third kappa shape index (κ3) is 3.97. The summed E-state index contributed by atoms with van der Waals surface area (Å²) in [5, 5.41) is 0. The van der Waals surface area contributed by atoms with Gasteiger partial charge in [-0.2, -0.15) is 0 Å². The standard InChI is InChI=1S/C23H27N3O3/c1-25(2)21(27)15-18-16-23(29-20-6-4-3-5-19(18)20)9-13-26(14-10-23)22(28)17-7-11-24-12-8-17/h3-8,11-12,18H,9-10,13-16H2,1-2H3. The number of aromatic nitrogens is 1. The van der Waals surface area contributed by atoms with Crippen LogP contribution in [0.2, 0.25) is 0 Å². The van der Waals surface area contributed by atoms with E-state index < -0.39 is 0 Å². The van der Waals surface area contributed by atoms with E-state index in [1.807, 2.05) is 23.1 Å². The molecule has 1 aromatic heterocycles. The van der Waals surface area contributed by atoms with Gasteiger partial charge in [0.2, 0.25) is 5.91 Å². The molecule has 6 nitrogen and oxygen atoms in total. The summed E-state index contributed by atoms with van der Waals surface area (Å²) in [7, 11) is 3.60. The summed E-state index contributed by atoms with van der Waals surface area (Å²) in [6.07, 6.45) is 6.11. The van der Waals surface area contributed by atoms with E-state index in [4.69, 9.17) is 4.74 Å². The molecule has 2 amide bonds. The average Bonchev–Trinajstić information content (AvgIpc) is 2.74. The van der Waals surface area contributed by atoms with Crippen molar-refractivity contribution in [3.05, 3.63) is 59.9 Å². The van der Waals surface area contributed by atoms with Gasteiger partial charge in [0.25, 0.3) is 5.91 Å². The molecule has 6 heteroatoms. The van der Waals surface area contributed by atoms with Crippen molar-refractivity contribution >= 4 is 11.8 Å². The lowest BCUT2D eigenvalue weighted by atomic mass is 9.76. The minimum atomic E-state index is -0.319. The molecular formula is C23H27N3O3. The van der Waals surface area contributed by atoms with Crippen LogP contribution in [0, 0.1) is 0 Å². The number of ether oxygens (including phenoxy) is 1. The Morgan fingerprint density at radius 2 is 1.83 bits per heavy atom. The monoisotopic (exact) mass is 393 g/mol. The summed E-state index contributed by atoms with van der Waals surface area (Å²) in [4.78, 5) is 32.7. The predicted molar refractivity (Wildman–Crippen MR) is 110 cm³/mol. The molecule has 1 spiro atoms. The molecule has 0 aliphatic carbocycles. The van der Waals surface area contributed by atoms with E-state index in [1.54, 1.807) is 43.5 Å². The van der Waals surface area contributed by atoms with Gasteiger partial charge in [0.15, 0.2) is 0 Å². The molecule has 4 rings (SSSR count). The quantitative estimate of drug-likeness (QED) is 0.804. The number of para-hydroxylation sites is 1. The van der Waals surface area contributed by atoms with Crippen molar-refractivity contribution in [2.75, 3.05) is 27.2 Å². The van der Waals surface area contributed by atoms with Gasteiger partial charge in [0.05, 0.1) is 0 Å². The fraction of sp³-hybridized carbons (Fsp3) is 0.435. The normalized spacial score (nSPS) is 19.9. The van der Waals surface area contributed by atoms with Gasteiger partial charge in [-0.15, -0.1) is 0 Å². The van der Waals surface area contributed by atoms with Crippen LogP contribution in [0.4, 0.5) is 0 Å². The van der Waals surface area contributed by atoms with Crippen LogP contribution in [0.5, 0.6) is 5.75 Å². The molecule has 2 aliphatic rings. The lowest BCUT2D eigenvalue weighted by Gasteiger charge is -2.47. The first-order valence-electron chi connectivity index (χ1n) is 10.1. The van der Waals surface area contributed by atoms with E-state index in [1.165, 1.54) is 0 Å². The summed E-state index contributed by atoms with van der Waals surface area (Å²) < 4.78 is 6.49. The highest BCUT2D eigenvalue weighted by Crippen LogP contribution is 2.46. The van der Waals surface area contributed by atoms with Gasteiger partial charge in [0, 0.05) is 70.3 Å². The van der Waals surface area contributed by atoms with Crippen molar-refractivity contribution in [2.24, 2.45) is 0 Å². The number of benzene rings is 1. The molecule has 152 valence electrons. The van der Waals surface area contributed by atoms with E-state index in [-0.39, 0.29) is 23.3 Å². The summed E-state index contributed by atoms with van der Waals surface area (Å²) in [6, 6.07) is 11.6. The second kappa shape index (κ2) is 7.85. The molecule has 2 aliphatic heterocycles. The fourth-order valence-electron chi connectivity index (χ4n) is 4.42. The lowest BCUT2D eigenvalue weighted by Crippen LogP contribution is -2.52. The van der Waals surface area contributed by atoms with Crippen molar-refractivity contribution in [2.45, 2.75) is 37.2 Å². The first-order valence-corrected chi connectivity index (χ1v) is 10.1. The van der Waals surface area contributed by atoms with Crippen molar-refractivity contribution < 1.29 is 14.3 Å². The molecule has 29 heavy (non-hydrogen) atoms. The lowest BCUT2D eigenvalue weighted by molar-refractivity contribution is -0.129. The predicted octanol–water partition coefficient (Wildman–Crippen LogP) is 3.10. The topological polar surface area (TPSA) is 62.7 Å². The molecule has 0 radical (unpaired) electrons. The van der Waals surface area contributed by atoms with Crippen LogP contribution in [0.25, 0.3) is 0 Å². The Bertz CT molecular complexity index is 889. The molecule has 0 saturated carbocycles. The average molecular weight is 393 g/mol. The number of likely N-dealkylation sites (tertiary alicyclic amines) is 1. The van der Waals surface area contributed by atoms with Crippen LogP contribution in [-0.2, 0) is 4.79 Å². The fourth-order valence-corrected chi connectivity index (χ4v) is 4.42. The Morgan fingerprint density at radius 3 is 2.52 bits per heavy atom. The molecule has 1 saturated heterocycles. The third-order valence-corrected chi connectivity index (χ3v) is 6.11. The molecule has 0 bridgehead atoms. The molecule has 1 fully saturated rings. The maximum Gasteiger partial charge on any atom is 0.253 e. The molecule has 2 aromatic rings. The number of hydrogen-bond donors (Lipinski definition) is 0. The van der Waals surface area contributed by atoms with E-state index >= 15 is 0 Å². The Hall–Kier alpha value is -2.89. The van der Waals surface area contributed by atoms with Crippen molar-refractivity contribution in [1.82, 2.24) is 14.8 Å². The maximum absolute atomic E-state index is 12.8. The molecule has 1 unspecified atom stereocenters. The van der Waals surface area contributed by atoms with Crippen molar-refractivity contribution in [3.8, 4) is 5.75 Å². The molecule has 1 aromatic carbocycles. The number of amides is 2. The summed E-state index contributed by atoms with van der Waals surface area (Å²) in [6.45, 7) is 1.30. The van der Waals surface area contributed by atoms with Crippen LogP contribution in [0.3, 0.4) is 0 Å². The number of rotatable bonds is 3. The van der Waals surface area contributed by atoms with E-state index in [2.05, 4.69) is 11.1 Å². The summed E-state index contributed by atoms with van der Waals surface area (Å²) in [5.41, 5.74) is 1.46. The van der Waals surface area contributed by atoms with Gasteiger partial charge in [-0.3, -0.25) is 14.6 Å². The molecule has 0 N–H and O–H groups in total. The van der Waals surface area contributed by atoms with E-state index in [0.29, 0.717) is 25.1 Å². The molecular weight excluding hydrogens is 366 g/mol. The number of piperidine rings is 1. The largest absolute Gasteiger partial charge is 0.487 e. The van der Waals surface area contributed by atoms with Crippen molar-refractivity contribution in [3.63, 3.8) is 0 Å². The number of nitrogens with zero attached hydrogens (tertiary/aromatic N) is 3. The van der Waals surface area contributed by atoms with Crippen LogP contribution in [-0.4, -0.2) is 59.4 Å². The van der Waals surface area contributed by atoms with Gasteiger partial charge in [-0.25, -0.2) is 0 Å². The molecule has 3 heterocycles. The SMILES string of the molecule is CN(C)C(=O)CC1CC2(CCN(C(=O)c3ccncc3)CC2)Oc2ccccc21. The van der Waals surface area contributed by atoms with Crippen LogP contribution in [0.15, 0.2) is 48.8 Å². The highest BCUT2D eigenvalue weighted by atomic mass is 16.5. The Kier molecular flexibility index (Phi) is 5.26. The van der Waals surface area contributed by atoms with E-state index in [9.17, 15) is 9.59 Å². The highest BCUT2D eigenvalue weighted by Gasteiger charge is 2.44. The minimum absolute atomic E-state index is 0.0396. The first-order chi connectivity index (χ1) is 14.0. The number of carbonyl (C=O) groups is 2. The van der Waals surface area contributed by atoms with Gasteiger partial charge in [-0.05, 0) is 30.2 Å². The molecule has 1 atom stereocenters. The summed E-state index contributed by atoms with van der Waals surface area (Å²) >= 11 is 0. The van der Waals surface area contributed by atoms with Gasteiger partial charge in [-0.1, -0.05) is 18.2 Å². The van der Waals surface area contributed by atoms with Gasteiger partial charge in [0.1, 0.15) is 11.4 Å². The second-order valence-corrected chi connectivity index (χ2v) is 8.24. The summed E-state index contributed by atoms with van der Waals surface area (Å²) in [5.74, 6) is 1.19. The number of pyridine rings is 1. The Labute approximate surface area is 171 Å². The maximum atomic E-state index is 12.8. The van der Waals surface area contributed by atoms with E-state index in [0.717, 1.165) is 30.6 Å². The zero-order valence-corrected chi connectivity index (χ0v) is 17.0.